The zero-order valence-electron chi connectivity index (χ0n) is 17.2. The average molecular weight is 453 g/mol. The van der Waals surface area contributed by atoms with E-state index in [-0.39, 0.29) is 23.7 Å². The number of amides is 1. The van der Waals surface area contributed by atoms with E-state index in [9.17, 15) is 18.0 Å². The fourth-order valence-electron chi connectivity index (χ4n) is 3.83. The molecule has 1 amide bonds. The van der Waals surface area contributed by atoms with Crippen LogP contribution >= 0.6 is 0 Å². The Bertz CT molecular complexity index is 1310. The molecule has 0 aliphatic carbocycles. The molecule has 1 unspecified atom stereocenters. The predicted octanol–water partition coefficient (Wildman–Crippen LogP) is 3.88. The number of piperidine rings is 1. The molecule has 1 fully saturated rings. The lowest BCUT2D eigenvalue weighted by molar-refractivity contribution is -0.131. The maximum Gasteiger partial charge on any atom is 0.287 e. The Labute approximate surface area is 186 Å². The highest BCUT2D eigenvalue weighted by atomic mass is 19.3. The van der Waals surface area contributed by atoms with Crippen molar-refractivity contribution in [2.75, 3.05) is 13.1 Å². The van der Waals surface area contributed by atoms with Crippen molar-refractivity contribution in [3.05, 3.63) is 78.4 Å². The number of rotatable bonds is 4. The Morgan fingerprint density at radius 3 is 2.64 bits per heavy atom. The number of alkyl halides is 2. The molecule has 1 aliphatic rings. The first-order valence-electron chi connectivity index (χ1n) is 10.3. The monoisotopic (exact) mass is 453 g/mol. The van der Waals surface area contributed by atoms with E-state index in [0.29, 0.717) is 5.52 Å². The summed E-state index contributed by atoms with van der Waals surface area (Å²) in [5.41, 5.74) is 0.433. The molecule has 10 heteroatoms. The smallest absolute Gasteiger partial charge is 0.287 e. The van der Waals surface area contributed by atoms with Crippen LogP contribution in [0.5, 0.6) is 5.88 Å². The molecule has 4 aromatic rings. The van der Waals surface area contributed by atoms with Crippen molar-refractivity contribution in [1.29, 1.82) is 0 Å². The van der Waals surface area contributed by atoms with E-state index in [1.54, 1.807) is 18.2 Å². The number of carbonyl (C=O) groups excluding carboxylic acids is 1. The van der Waals surface area contributed by atoms with Crippen molar-refractivity contribution < 1.29 is 22.7 Å². The number of benzene rings is 2. The lowest BCUT2D eigenvalue weighted by atomic mass is 10.0. The number of pyridine rings is 1. The molecule has 5 rings (SSSR count). The molecule has 0 spiro atoms. The van der Waals surface area contributed by atoms with Gasteiger partial charge in [-0.25, -0.2) is 18.2 Å². The molecule has 0 saturated carbocycles. The molecular weight excluding hydrogens is 435 g/mol. The maximum atomic E-state index is 14.7. The fourth-order valence-corrected chi connectivity index (χ4v) is 3.83. The van der Waals surface area contributed by atoms with Crippen LogP contribution in [0.2, 0.25) is 0 Å². The first-order chi connectivity index (χ1) is 15.9. The number of aromatic nitrogens is 4. The SMILES string of the molecule is O=C(c1c(F)cccc1-n1nccn1)N1CCC(F)(F)C(Oc2ccc3ccccc3n2)C1. The van der Waals surface area contributed by atoms with Gasteiger partial charge < -0.3 is 9.64 Å². The van der Waals surface area contributed by atoms with E-state index >= 15 is 0 Å². The normalized spacial score (nSPS) is 17.8. The number of likely N-dealkylation sites (tertiary alicyclic amines) is 1. The van der Waals surface area contributed by atoms with Gasteiger partial charge in [0.25, 0.3) is 11.8 Å². The molecule has 7 nitrogen and oxygen atoms in total. The molecule has 1 atom stereocenters. The van der Waals surface area contributed by atoms with Gasteiger partial charge in [-0.1, -0.05) is 24.3 Å². The summed E-state index contributed by atoms with van der Waals surface area (Å²) < 4.78 is 49.6. The molecular formula is C23H18F3N5O2. The molecule has 3 heterocycles. The zero-order chi connectivity index (χ0) is 23.0. The number of carbonyl (C=O) groups is 1. The quantitative estimate of drug-likeness (QED) is 0.469. The van der Waals surface area contributed by atoms with Crippen LogP contribution in [0.15, 0.2) is 67.0 Å². The first-order valence-corrected chi connectivity index (χ1v) is 10.3. The number of hydrogen-bond acceptors (Lipinski definition) is 5. The third-order valence-corrected chi connectivity index (χ3v) is 5.54. The van der Waals surface area contributed by atoms with Crippen LogP contribution in [0.3, 0.4) is 0 Å². The Morgan fingerprint density at radius 2 is 1.82 bits per heavy atom. The van der Waals surface area contributed by atoms with Gasteiger partial charge in [0.15, 0.2) is 6.10 Å². The van der Waals surface area contributed by atoms with Gasteiger partial charge >= 0.3 is 0 Å². The summed E-state index contributed by atoms with van der Waals surface area (Å²) in [4.78, 5) is 19.8. The standard InChI is InChI=1S/C23H18F3N5O2/c24-16-5-3-7-18(31-27-11-12-28-31)21(16)22(32)30-13-10-23(25,26)19(14-30)33-20-9-8-15-4-1-2-6-17(15)29-20/h1-9,11-12,19H,10,13-14H2. The summed E-state index contributed by atoms with van der Waals surface area (Å²) in [6, 6.07) is 14.5. The van der Waals surface area contributed by atoms with Crippen LogP contribution in [0.4, 0.5) is 13.2 Å². The summed E-state index contributed by atoms with van der Waals surface area (Å²) in [5.74, 6) is -4.69. The number of hydrogen-bond donors (Lipinski definition) is 0. The van der Waals surface area contributed by atoms with Gasteiger partial charge in [-0.2, -0.15) is 15.0 Å². The lowest BCUT2D eigenvalue weighted by Gasteiger charge is -2.38. The molecule has 0 bridgehead atoms. The van der Waals surface area contributed by atoms with Crippen LogP contribution in [-0.4, -0.2) is 55.9 Å². The number of para-hydroxylation sites is 1. The van der Waals surface area contributed by atoms with Crippen LogP contribution < -0.4 is 4.74 Å². The van der Waals surface area contributed by atoms with E-state index < -0.39 is 36.7 Å². The fraction of sp³-hybridized carbons (Fsp3) is 0.217. The van der Waals surface area contributed by atoms with E-state index in [4.69, 9.17) is 4.74 Å². The van der Waals surface area contributed by atoms with Crippen LogP contribution in [-0.2, 0) is 0 Å². The summed E-state index contributed by atoms with van der Waals surface area (Å²) in [6.45, 7) is -0.683. The van der Waals surface area contributed by atoms with Crippen LogP contribution in [0.1, 0.15) is 16.8 Å². The van der Waals surface area contributed by atoms with E-state index in [2.05, 4.69) is 15.2 Å². The zero-order valence-corrected chi connectivity index (χ0v) is 17.2. The predicted molar refractivity (Wildman–Crippen MR) is 113 cm³/mol. The van der Waals surface area contributed by atoms with Crippen molar-refractivity contribution in [3.63, 3.8) is 0 Å². The number of halogens is 3. The molecule has 33 heavy (non-hydrogen) atoms. The molecule has 168 valence electrons. The minimum atomic E-state index is -3.19. The largest absolute Gasteiger partial charge is 0.466 e. The average Bonchev–Trinajstić information content (AvgIpc) is 3.35. The first kappa shape index (κ1) is 20.9. The van der Waals surface area contributed by atoms with Gasteiger partial charge in [-0.3, -0.25) is 4.79 Å². The Hall–Kier alpha value is -3.95. The van der Waals surface area contributed by atoms with E-state index in [1.807, 2.05) is 12.1 Å². The topological polar surface area (TPSA) is 73.1 Å². The van der Waals surface area contributed by atoms with E-state index in [1.165, 1.54) is 30.6 Å². The van der Waals surface area contributed by atoms with Crippen LogP contribution in [0, 0.1) is 5.82 Å². The highest BCUT2D eigenvalue weighted by Crippen LogP contribution is 2.33. The molecule has 0 N–H and O–H groups in total. The van der Waals surface area contributed by atoms with Crippen molar-refractivity contribution in [2.24, 2.45) is 0 Å². The van der Waals surface area contributed by atoms with Gasteiger partial charge in [0, 0.05) is 24.4 Å². The second-order valence-corrected chi connectivity index (χ2v) is 7.66. The maximum absolute atomic E-state index is 14.7. The molecule has 1 aliphatic heterocycles. The second-order valence-electron chi connectivity index (χ2n) is 7.66. The summed E-state index contributed by atoms with van der Waals surface area (Å²) in [5, 5.41) is 8.74. The Morgan fingerprint density at radius 1 is 1.03 bits per heavy atom. The van der Waals surface area contributed by atoms with Crippen molar-refractivity contribution in [3.8, 4) is 11.6 Å². The van der Waals surface area contributed by atoms with E-state index in [0.717, 1.165) is 21.1 Å². The van der Waals surface area contributed by atoms with Gasteiger partial charge in [-0.05, 0) is 24.3 Å². The summed E-state index contributed by atoms with van der Waals surface area (Å²) >= 11 is 0. The molecule has 0 radical (unpaired) electrons. The summed E-state index contributed by atoms with van der Waals surface area (Å²) in [6.07, 6.45) is 0.519. The van der Waals surface area contributed by atoms with Crippen molar-refractivity contribution in [1.82, 2.24) is 24.9 Å². The minimum Gasteiger partial charge on any atom is -0.466 e. The number of fused-ring (bicyclic) bond motifs is 1. The van der Waals surface area contributed by atoms with Gasteiger partial charge in [0.05, 0.1) is 24.5 Å². The minimum absolute atomic E-state index is 0.0278. The molecule has 2 aromatic carbocycles. The molecule has 1 saturated heterocycles. The van der Waals surface area contributed by atoms with Gasteiger partial charge in [0.1, 0.15) is 17.1 Å². The molecule has 2 aromatic heterocycles. The highest BCUT2D eigenvalue weighted by Gasteiger charge is 2.47. The van der Waals surface area contributed by atoms with Crippen molar-refractivity contribution in [2.45, 2.75) is 18.4 Å². The third-order valence-electron chi connectivity index (χ3n) is 5.54. The highest BCUT2D eigenvalue weighted by molar-refractivity contribution is 5.98. The Kier molecular flexibility index (Phi) is 5.20. The van der Waals surface area contributed by atoms with Gasteiger partial charge in [-0.15, -0.1) is 0 Å². The third kappa shape index (κ3) is 3.99. The number of nitrogens with zero attached hydrogens (tertiary/aromatic N) is 5. The van der Waals surface area contributed by atoms with Crippen LogP contribution in [0.25, 0.3) is 16.6 Å². The second kappa shape index (κ2) is 8.19. The lowest BCUT2D eigenvalue weighted by Crippen LogP contribution is -2.55. The number of ether oxygens (including phenoxy) is 1. The van der Waals surface area contributed by atoms with Crippen molar-refractivity contribution >= 4 is 16.8 Å². The summed E-state index contributed by atoms with van der Waals surface area (Å²) in [7, 11) is 0. The Balaban J connectivity index is 1.42. The van der Waals surface area contributed by atoms with Gasteiger partial charge in [0.2, 0.25) is 5.88 Å².